The summed E-state index contributed by atoms with van der Waals surface area (Å²) >= 11 is 3.48. The van der Waals surface area contributed by atoms with Gasteiger partial charge in [0, 0.05) is 23.2 Å². The Morgan fingerprint density at radius 1 is 1.35 bits per heavy atom. The summed E-state index contributed by atoms with van der Waals surface area (Å²) in [7, 11) is 0. The maximum atomic E-state index is 9.56. The SMILES string of the molecule is C=CCN(CC=C)c1ccc([C@H](C)O)c(Br)c1. The molecule has 0 spiro atoms. The van der Waals surface area contributed by atoms with Crippen LogP contribution in [0.1, 0.15) is 18.6 Å². The van der Waals surface area contributed by atoms with Crippen molar-refractivity contribution in [3.05, 3.63) is 53.5 Å². The molecule has 0 aliphatic carbocycles. The molecule has 2 nitrogen and oxygen atoms in total. The molecule has 0 aromatic heterocycles. The zero-order chi connectivity index (χ0) is 12.8. The lowest BCUT2D eigenvalue weighted by Crippen LogP contribution is -2.23. The van der Waals surface area contributed by atoms with E-state index >= 15 is 0 Å². The molecule has 0 saturated heterocycles. The van der Waals surface area contributed by atoms with Gasteiger partial charge < -0.3 is 10.0 Å². The van der Waals surface area contributed by atoms with Crippen molar-refractivity contribution < 1.29 is 5.11 Å². The van der Waals surface area contributed by atoms with Crippen LogP contribution in [0.25, 0.3) is 0 Å². The highest BCUT2D eigenvalue weighted by Crippen LogP contribution is 2.28. The highest BCUT2D eigenvalue weighted by Gasteiger charge is 2.09. The predicted molar refractivity (Wildman–Crippen MR) is 77.4 cm³/mol. The second-order valence-corrected chi connectivity index (χ2v) is 4.72. The molecule has 92 valence electrons. The van der Waals surface area contributed by atoms with Crippen molar-refractivity contribution in [3.8, 4) is 0 Å². The van der Waals surface area contributed by atoms with E-state index in [-0.39, 0.29) is 0 Å². The van der Waals surface area contributed by atoms with Crippen molar-refractivity contribution in [3.63, 3.8) is 0 Å². The summed E-state index contributed by atoms with van der Waals surface area (Å²) < 4.78 is 0.920. The molecular formula is C14H18BrNO. The summed E-state index contributed by atoms with van der Waals surface area (Å²) in [5, 5.41) is 9.56. The number of hydrogen-bond donors (Lipinski definition) is 1. The summed E-state index contributed by atoms with van der Waals surface area (Å²) in [6.45, 7) is 10.8. The molecule has 0 heterocycles. The number of benzene rings is 1. The molecule has 0 fully saturated rings. The van der Waals surface area contributed by atoms with Crippen LogP contribution in [0.5, 0.6) is 0 Å². The number of nitrogens with zero attached hydrogens (tertiary/aromatic N) is 1. The van der Waals surface area contributed by atoms with Gasteiger partial charge in [0.25, 0.3) is 0 Å². The van der Waals surface area contributed by atoms with Crippen LogP contribution in [-0.2, 0) is 0 Å². The smallest absolute Gasteiger partial charge is 0.0772 e. The van der Waals surface area contributed by atoms with E-state index in [1.165, 1.54) is 0 Å². The maximum absolute atomic E-state index is 9.56. The number of aliphatic hydroxyl groups excluding tert-OH is 1. The number of anilines is 1. The Morgan fingerprint density at radius 2 is 1.94 bits per heavy atom. The average molecular weight is 296 g/mol. The summed E-state index contributed by atoms with van der Waals surface area (Å²) in [6.07, 6.45) is 3.26. The predicted octanol–water partition coefficient (Wildman–Crippen LogP) is 3.68. The monoisotopic (exact) mass is 295 g/mol. The van der Waals surface area contributed by atoms with Gasteiger partial charge in [0.15, 0.2) is 0 Å². The first-order chi connectivity index (χ1) is 8.10. The fraction of sp³-hybridized carbons (Fsp3) is 0.286. The topological polar surface area (TPSA) is 23.5 Å². The van der Waals surface area contributed by atoms with E-state index in [4.69, 9.17) is 0 Å². The van der Waals surface area contributed by atoms with E-state index in [1.807, 2.05) is 30.4 Å². The Bertz CT molecular complexity index is 391. The molecule has 0 aliphatic rings. The van der Waals surface area contributed by atoms with Gasteiger partial charge in [0.05, 0.1) is 6.10 Å². The largest absolute Gasteiger partial charge is 0.389 e. The number of hydrogen-bond acceptors (Lipinski definition) is 2. The molecular weight excluding hydrogens is 278 g/mol. The van der Waals surface area contributed by atoms with Crippen LogP contribution < -0.4 is 4.90 Å². The highest BCUT2D eigenvalue weighted by molar-refractivity contribution is 9.10. The van der Waals surface area contributed by atoms with Gasteiger partial charge in [0.2, 0.25) is 0 Å². The van der Waals surface area contributed by atoms with Crippen molar-refractivity contribution >= 4 is 21.6 Å². The zero-order valence-electron chi connectivity index (χ0n) is 10.1. The average Bonchev–Trinajstić information content (AvgIpc) is 2.28. The number of rotatable bonds is 6. The van der Waals surface area contributed by atoms with Crippen molar-refractivity contribution in [1.29, 1.82) is 0 Å². The highest BCUT2D eigenvalue weighted by atomic mass is 79.9. The molecule has 0 radical (unpaired) electrons. The van der Waals surface area contributed by atoms with Gasteiger partial charge in [-0.15, -0.1) is 13.2 Å². The molecule has 0 bridgehead atoms. The molecule has 0 unspecified atom stereocenters. The first-order valence-electron chi connectivity index (χ1n) is 5.54. The minimum absolute atomic E-state index is 0.467. The molecule has 0 saturated carbocycles. The number of aliphatic hydroxyl groups is 1. The molecule has 1 atom stereocenters. The van der Waals surface area contributed by atoms with Crippen molar-refractivity contribution in [1.82, 2.24) is 0 Å². The summed E-state index contributed by atoms with van der Waals surface area (Å²) in [6, 6.07) is 5.94. The van der Waals surface area contributed by atoms with Crippen molar-refractivity contribution in [2.45, 2.75) is 13.0 Å². The lowest BCUT2D eigenvalue weighted by Gasteiger charge is -2.22. The lowest BCUT2D eigenvalue weighted by molar-refractivity contribution is 0.198. The van der Waals surface area contributed by atoms with Gasteiger partial charge >= 0.3 is 0 Å². The van der Waals surface area contributed by atoms with E-state index in [1.54, 1.807) is 6.92 Å². The van der Waals surface area contributed by atoms with Gasteiger partial charge in [-0.1, -0.05) is 34.1 Å². The second-order valence-electron chi connectivity index (χ2n) is 3.86. The Hall–Kier alpha value is -1.06. The lowest BCUT2D eigenvalue weighted by atomic mass is 10.1. The molecule has 1 rings (SSSR count). The third-order valence-electron chi connectivity index (χ3n) is 2.50. The van der Waals surface area contributed by atoms with Crippen molar-refractivity contribution in [2.24, 2.45) is 0 Å². The van der Waals surface area contributed by atoms with E-state index < -0.39 is 6.10 Å². The normalized spacial score (nSPS) is 11.9. The third-order valence-corrected chi connectivity index (χ3v) is 3.19. The fourth-order valence-electron chi connectivity index (χ4n) is 1.65. The quantitative estimate of drug-likeness (QED) is 0.809. The van der Waals surface area contributed by atoms with Crippen LogP contribution in [0.15, 0.2) is 48.0 Å². The first-order valence-corrected chi connectivity index (χ1v) is 6.33. The van der Waals surface area contributed by atoms with Gasteiger partial charge in [0.1, 0.15) is 0 Å². The zero-order valence-corrected chi connectivity index (χ0v) is 11.7. The van der Waals surface area contributed by atoms with Crippen LogP contribution in [0, 0.1) is 0 Å². The summed E-state index contributed by atoms with van der Waals surface area (Å²) in [4.78, 5) is 2.15. The third kappa shape index (κ3) is 3.72. The molecule has 1 aromatic carbocycles. The molecule has 0 amide bonds. The molecule has 3 heteroatoms. The van der Waals surface area contributed by atoms with E-state index in [0.29, 0.717) is 0 Å². The van der Waals surface area contributed by atoms with E-state index in [2.05, 4.69) is 34.0 Å². The minimum atomic E-state index is -0.467. The molecule has 17 heavy (non-hydrogen) atoms. The summed E-state index contributed by atoms with van der Waals surface area (Å²) in [5.41, 5.74) is 1.98. The van der Waals surface area contributed by atoms with Crippen LogP contribution in [-0.4, -0.2) is 18.2 Å². The second kappa shape index (κ2) is 6.62. The van der Waals surface area contributed by atoms with E-state index in [0.717, 1.165) is 28.8 Å². The van der Waals surface area contributed by atoms with Crippen molar-refractivity contribution in [2.75, 3.05) is 18.0 Å². The minimum Gasteiger partial charge on any atom is -0.389 e. The first kappa shape index (κ1) is 14.0. The maximum Gasteiger partial charge on any atom is 0.0772 e. The number of halogens is 1. The standard InChI is InChI=1S/C14H18BrNO/c1-4-8-16(9-5-2)12-6-7-13(11(3)17)14(15)10-12/h4-7,10-11,17H,1-2,8-9H2,3H3/t11-/m0/s1. The van der Waals surface area contributed by atoms with Gasteiger partial charge in [-0.25, -0.2) is 0 Å². The van der Waals surface area contributed by atoms with E-state index in [9.17, 15) is 5.11 Å². The Kier molecular flexibility index (Phi) is 5.45. The Balaban J connectivity index is 3.00. The Labute approximate surface area is 111 Å². The van der Waals surface area contributed by atoms with Gasteiger partial charge in [-0.05, 0) is 24.6 Å². The molecule has 0 aliphatic heterocycles. The molecule has 1 N–H and O–H groups in total. The fourth-order valence-corrected chi connectivity index (χ4v) is 2.35. The van der Waals surface area contributed by atoms with Crippen LogP contribution in [0.4, 0.5) is 5.69 Å². The van der Waals surface area contributed by atoms with Crippen LogP contribution in [0.3, 0.4) is 0 Å². The molecule has 1 aromatic rings. The summed E-state index contributed by atoms with van der Waals surface area (Å²) in [5.74, 6) is 0. The van der Waals surface area contributed by atoms with Gasteiger partial charge in [-0.2, -0.15) is 0 Å². The van der Waals surface area contributed by atoms with Gasteiger partial charge in [-0.3, -0.25) is 0 Å². The van der Waals surface area contributed by atoms with Crippen LogP contribution >= 0.6 is 15.9 Å². The Morgan fingerprint density at radius 3 is 2.35 bits per heavy atom. The van der Waals surface area contributed by atoms with Crippen LogP contribution in [0.2, 0.25) is 0 Å².